The topological polar surface area (TPSA) is 47.0 Å². The summed E-state index contributed by atoms with van der Waals surface area (Å²) in [5.41, 5.74) is 1.33. The number of fused-ring (bicyclic) bond motifs is 1. The summed E-state index contributed by atoms with van der Waals surface area (Å²) < 4.78 is 5.19. The normalized spacial score (nSPS) is 11.0. The number of aryl methyl sites for hydroxylation is 3. The van der Waals surface area contributed by atoms with Gasteiger partial charge in [-0.3, -0.25) is 0 Å². The van der Waals surface area contributed by atoms with Gasteiger partial charge in [-0.25, -0.2) is 9.97 Å². The molecule has 0 aliphatic heterocycles. The molecule has 0 saturated heterocycles. The van der Waals surface area contributed by atoms with E-state index in [4.69, 9.17) is 4.74 Å². The van der Waals surface area contributed by atoms with E-state index >= 15 is 0 Å². The van der Waals surface area contributed by atoms with Crippen molar-refractivity contribution in [2.45, 2.75) is 33.1 Å². The number of rotatable bonds is 7. The Hall–Kier alpha value is -2.14. The average Bonchev–Trinajstić information content (AvgIpc) is 2.99. The Balaban J connectivity index is 1.62. The number of anilines is 1. The lowest BCUT2D eigenvalue weighted by atomic mass is 10.1. The van der Waals surface area contributed by atoms with E-state index in [1.54, 1.807) is 18.4 Å². The maximum Gasteiger partial charge on any atom is 0.138 e. The standard InChI is InChI=1S/C19H23N3OS/c1-4-17-21-18(16-12-13(2)24-19(16)22-17)20-11-5-6-14-7-9-15(23-3)10-8-14/h7-10,12H,4-6,11H2,1-3H3,(H,20,21,22). The van der Waals surface area contributed by atoms with Gasteiger partial charge in [0.1, 0.15) is 22.2 Å². The third-order valence-corrected chi connectivity index (χ3v) is 4.92. The highest BCUT2D eigenvalue weighted by atomic mass is 32.1. The number of hydrogen-bond acceptors (Lipinski definition) is 5. The second kappa shape index (κ2) is 7.62. The molecule has 3 rings (SSSR count). The molecule has 0 aliphatic carbocycles. The van der Waals surface area contributed by atoms with Gasteiger partial charge in [-0.05, 0) is 43.5 Å². The van der Waals surface area contributed by atoms with Gasteiger partial charge >= 0.3 is 0 Å². The number of ether oxygens (including phenoxy) is 1. The van der Waals surface area contributed by atoms with Gasteiger partial charge in [-0.2, -0.15) is 0 Å². The predicted molar refractivity (Wildman–Crippen MR) is 101 cm³/mol. The molecule has 0 saturated carbocycles. The summed E-state index contributed by atoms with van der Waals surface area (Å²) in [7, 11) is 1.69. The third kappa shape index (κ3) is 3.85. The lowest BCUT2D eigenvalue weighted by molar-refractivity contribution is 0.414. The molecule has 0 amide bonds. The van der Waals surface area contributed by atoms with Gasteiger partial charge in [-0.1, -0.05) is 19.1 Å². The molecule has 126 valence electrons. The first-order chi connectivity index (χ1) is 11.7. The minimum Gasteiger partial charge on any atom is -0.497 e. The first-order valence-corrected chi connectivity index (χ1v) is 9.15. The van der Waals surface area contributed by atoms with Crippen molar-refractivity contribution in [3.8, 4) is 5.75 Å². The quantitative estimate of drug-likeness (QED) is 0.637. The van der Waals surface area contributed by atoms with Crippen molar-refractivity contribution in [3.05, 3.63) is 46.6 Å². The van der Waals surface area contributed by atoms with Gasteiger partial charge in [0, 0.05) is 17.8 Å². The summed E-state index contributed by atoms with van der Waals surface area (Å²) in [6.45, 7) is 5.11. The molecule has 5 heteroatoms. The highest BCUT2D eigenvalue weighted by molar-refractivity contribution is 7.18. The van der Waals surface area contributed by atoms with Gasteiger partial charge in [0.25, 0.3) is 0 Å². The maximum absolute atomic E-state index is 5.19. The molecular formula is C19H23N3OS. The van der Waals surface area contributed by atoms with Crippen molar-refractivity contribution in [1.29, 1.82) is 0 Å². The molecule has 0 spiro atoms. The number of hydrogen-bond donors (Lipinski definition) is 1. The van der Waals surface area contributed by atoms with E-state index in [1.807, 2.05) is 12.1 Å². The zero-order chi connectivity index (χ0) is 16.9. The summed E-state index contributed by atoms with van der Waals surface area (Å²) in [5, 5.41) is 4.64. The fraction of sp³-hybridized carbons (Fsp3) is 0.368. The summed E-state index contributed by atoms with van der Waals surface area (Å²) in [6.07, 6.45) is 2.95. The van der Waals surface area contributed by atoms with Gasteiger partial charge in [-0.15, -0.1) is 11.3 Å². The Morgan fingerprint density at radius 1 is 1.17 bits per heavy atom. The Labute approximate surface area is 146 Å². The maximum atomic E-state index is 5.19. The number of thiophene rings is 1. The van der Waals surface area contributed by atoms with Crippen LogP contribution >= 0.6 is 11.3 Å². The van der Waals surface area contributed by atoms with Crippen LogP contribution in [0.4, 0.5) is 5.82 Å². The SMILES string of the molecule is CCc1nc(NCCCc2ccc(OC)cc2)c2cc(C)sc2n1. The molecule has 1 aromatic carbocycles. The van der Waals surface area contributed by atoms with Crippen molar-refractivity contribution in [1.82, 2.24) is 9.97 Å². The van der Waals surface area contributed by atoms with Gasteiger partial charge in [0.05, 0.1) is 12.5 Å². The highest BCUT2D eigenvalue weighted by Crippen LogP contribution is 2.28. The Morgan fingerprint density at radius 2 is 1.96 bits per heavy atom. The largest absolute Gasteiger partial charge is 0.497 e. The zero-order valence-electron chi connectivity index (χ0n) is 14.4. The van der Waals surface area contributed by atoms with Crippen LogP contribution < -0.4 is 10.1 Å². The van der Waals surface area contributed by atoms with Gasteiger partial charge < -0.3 is 10.1 Å². The number of aromatic nitrogens is 2. The molecular weight excluding hydrogens is 318 g/mol. The molecule has 2 heterocycles. The smallest absolute Gasteiger partial charge is 0.138 e. The van der Waals surface area contributed by atoms with E-state index in [9.17, 15) is 0 Å². The van der Waals surface area contributed by atoms with Gasteiger partial charge in [0.2, 0.25) is 0 Å². The summed E-state index contributed by atoms with van der Waals surface area (Å²) in [4.78, 5) is 11.6. The van der Waals surface area contributed by atoms with Crippen LogP contribution in [0.1, 0.15) is 29.6 Å². The van der Waals surface area contributed by atoms with Gasteiger partial charge in [0.15, 0.2) is 0 Å². The second-order valence-electron chi connectivity index (χ2n) is 5.80. The first kappa shape index (κ1) is 16.7. The fourth-order valence-electron chi connectivity index (χ4n) is 2.67. The van der Waals surface area contributed by atoms with Crippen LogP contribution in [-0.2, 0) is 12.8 Å². The van der Waals surface area contributed by atoms with E-state index in [1.165, 1.54) is 10.4 Å². The van der Waals surface area contributed by atoms with Crippen LogP contribution in [-0.4, -0.2) is 23.6 Å². The van der Waals surface area contributed by atoms with E-state index in [2.05, 4.69) is 47.3 Å². The van der Waals surface area contributed by atoms with Crippen LogP contribution in [0.25, 0.3) is 10.2 Å². The lowest BCUT2D eigenvalue weighted by Gasteiger charge is -2.08. The zero-order valence-corrected chi connectivity index (χ0v) is 15.2. The summed E-state index contributed by atoms with van der Waals surface area (Å²) in [6, 6.07) is 10.4. The lowest BCUT2D eigenvalue weighted by Crippen LogP contribution is -2.07. The van der Waals surface area contributed by atoms with E-state index < -0.39 is 0 Å². The minimum atomic E-state index is 0.855. The van der Waals surface area contributed by atoms with Crippen molar-refractivity contribution in [3.63, 3.8) is 0 Å². The molecule has 0 bridgehead atoms. The molecule has 3 aromatic rings. The minimum absolute atomic E-state index is 0.855. The second-order valence-corrected chi connectivity index (χ2v) is 7.03. The summed E-state index contributed by atoms with van der Waals surface area (Å²) >= 11 is 1.73. The van der Waals surface area contributed by atoms with Crippen molar-refractivity contribution in [2.75, 3.05) is 19.0 Å². The molecule has 2 aromatic heterocycles. The van der Waals surface area contributed by atoms with Crippen LogP contribution in [0.5, 0.6) is 5.75 Å². The number of nitrogens with one attached hydrogen (secondary N) is 1. The van der Waals surface area contributed by atoms with Crippen molar-refractivity contribution in [2.24, 2.45) is 0 Å². The number of nitrogens with zero attached hydrogens (tertiary/aromatic N) is 2. The van der Waals surface area contributed by atoms with Crippen LogP contribution in [0.15, 0.2) is 30.3 Å². The highest BCUT2D eigenvalue weighted by Gasteiger charge is 2.09. The predicted octanol–water partition coefficient (Wildman–Crippen LogP) is 4.62. The first-order valence-electron chi connectivity index (χ1n) is 8.33. The molecule has 0 unspecified atom stereocenters. The molecule has 0 aliphatic rings. The number of methoxy groups -OCH3 is 1. The van der Waals surface area contributed by atoms with Crippen molar-refractivity contribution >= 4 is 27.4 Å². The van der Waals surface area contributed by atoms with Crippen LogP contribution in [0, 0.1) is 6.92 Å². The van der Waals surface area contributed by atoms with Crippen LogP contribution in [0.3, 0.4) is 0 Å². The number of benzene rings is 1. The van der Waals surface area contributed by atoms with E-state index in [0.717, 1.165) is 53.4 Å². The fourth-order valence-corrected chi connectivity index (χ4v) is 3.57. The monoisotopic (exact) mass is 341 g/mol. The van der Waals surface area contributed by atoms with Crippen LogP contribution in [0.2, 0.25) is 0 Å². The third-order valence-electron chi connectivity index (χ3n) is 3.97. The summed E-state index contributed by atoms with van der Waals surface area (Å²) in [5.74, 6) is 2.78. The molecule has 1 N–H and O–H groups in total. The molecule has 0 fully saturated rings. The Kier molecular flexibility index (Phi) is 5.30. The molecule has 0 radical (unpaired) electrons. The molecule has 4 nitrogen and oxygen atoms in total. The Morgan fingerprint density at radius 3 is 2.67 bits per heavy atom. The Bertz CT molecular complexity index is 811. The van der Waals surface area contributed by atoms with Crippen molar-refractivity contribution < 1.29 is 4.74 Å². The molecule has 24 heavy (non-hydrogen) atoms. The average molecular weight is 341 g/mol. The molecule has 0 atom stereocenters. The van der Waals surface area contributed by atoms with E-state index in [-0.39, 0.29) is 0 Å². The van der Waals surface area contributed by atoms with E-state index in [0.29, 0.717) is 0 Å².